The van der Waals surface area contributed by atoms with Crippen molar-refractivity contribution in [1.82, 2.24) is 0 Å². The molecule has 0 saturated carbocycles. The van der Waals surface area contributed by atoms with Gasteiger partial charge in [-0.1, -0.05) is 0 Å². The number of halogens is 1. The molecule has 4 heteroatoms. The first-order chi connectivity index (χ1) is 9.52. The molecule has 1 heterocycles. The molecule has 100 valence electrons. The van der Waals surface area contributed by atoms with Gasteiger partial charge in [-0.15, -0.1) is 0 Å². The van der Waals surface area contributed by atoms with Gasteiger partial charge in [-0.2, -0.15) is 0 Å². The number of carboxylic acid groups (broad SMARTS) is 1. The van der Waals surface area contributed by atoms with Gasteiger partial charge in [0.1, 0.15) is 17.2 Å². The fourth-order valence-electron chi connectivity index (χ4n) is 2.21. The number of benzene rings is 2. The quantitative estimate of drug-likeness (QED) is 0.757. The first-order valence-corrected chi connectivity index (χ1v) is 6.07. The van der Waals surface area contributed by atoms with E-state index in [-0.39, 0.29) is 11.4 Å². The maximum Gasteiger partial charge on any atom is 0.335 e. The van der Waals surface area contributed by atoms with Crippen molar-refractivity contribution >= 4 is 16.9 Å². The molecule has 0 aliphatic rings. The first kappa shape index (κ1) is 12.4. The third-order valence-electron chi connectivity index (χ3n) is 3.09. The van der Waals surface area contributed by atoms with E-state index >= 15 is 0 Å². The van der Waals surface area contributed by atoms with Gasteiger partial charge in [0.15, 0.2) is 0 Å². The maximum atomic E-state index is 13.2. The van der Waals surface area contributed by atoms with Crippen LogP contribution in [0.2, 0.25) is 0 Å². The van der Waals surface area contributed by atoms with Crippen molar-refractivity contribution in [3.05, 3.63) is 59.4 Å². The average Bonchev–Trinajstić information content (AvgIpc) is 2.80. The highest BCUT2D eigenvalue weighted by molar-refractivity contribution is 5.90. The third kappa shape index (κ3) is 2.16. The molecule has 1 N–H and O–H groups in total. The molecular formula is C16H11FO3. The van der Waals surface area contributed by atoms with Crippen molar-refractivity contribution in [3.8, 4) is 11.3 Å². The van der Waals surface area contributed by atoms with Crippen LogP contribution in [-0.2, 0) is 0 Å². The summed E-state index contributed by atoms with van der Waals surface area (Å²) < 4.78 is 18.8. The Morgan fingerprint density at radius 1 is 1.15 bits per heavy atom. The van der Waals surface area contributed by atoms with E-state index in [2.05, 4.69) is 0 Å². The van der Waals surface area contributed by atoms with E-state index in [4.69, 9.17) is 9.52 Å². The summed E-state index contributed by atoms with van der Waals surface area (Å²) in [5.41, 5.74) is 2.26. The van der Waals surface area contributed by atoms with Crippen LogP contribution >= 0.6 is 0 Å². The Bertz CT molecular complexity index is 818. The lowest BCUT2D eigenvalue weighted by Crippen LogP contribution is -1.97. The van der Waals surface area contributed by atoms with Gasteiger partial charge in [0, 0.05) is 10.9 Å². The third-order valence-corrected chi connectivity index (χ3v) is 3.09. The summed E-state index contributed by atoms with van der Waals surface area (Å²) >= 11 is 0. The largest absolute Gasteiger partial charge is 0.478 e. The highest BCUT2D eigenvalue weighted by atomic mass is 19.1. The molecule has 0 radical (unpaired) electrons. The van der Waals surface area contributed by atoms with Gasteiger partial charge in [0.05, 0.1) is 5.56 Å². The zero-order chi connectivity index (χ0) is 14.3. The zero-order valence-electron chi connectivity index (χ0n) is 10.7. The SMILES string of the molecule is Cc1cc(C(=O)O)cc(-c2cc3cc(F)ccc3o2)c1. The number of aryl methyl sites for hydroxylation is 1. The molecule has 0 fully saturated rings. The zero-order valence-corrected chi connectivity index (χ0v) is 10.7. The number of hydrogen-bond donors (Lipinski definition) is 1. The van der Waals surface area contributed by atoms with Gasteiger partial charge in [-0.3, -0.25) is 0 Å². The van der Waals surface area contributed by atoms with Gasteiger partial charge < -0.3 is 9.52 Å². The van der Waals surface area contributed by atoms with Crippen LogP contribution in [-0.4, -0.2) is 11.1 Å². The highest BCUT2D eigenvalue weighted by Crippen LogP contribution is 2.29. The molecule has 0 amide bonds. The lowest BCUT2D eigenvalue weighted by atomic mass is 10.0. The molecule has 0 unspecified atom stereocenters. The van der Waals surface area contributed by atoms with Crippen molar-refractivity contribution in [3.63, 3.8) is 0 Å². The Kier molecular flexibility index (Phi) is 2.79. The second-order valence-electron chi connectivity index (χ2n) is 4.69. The van der Waals surface area contributed by atoms with Crippen LogP contribution in [0, 0.1) is 12.7 Å². The Hall–Kier alpha value is -2.62. The predicted molar refractivity (Wildman–Crippen MR) is 73.3 cm³/mol. The van der Waals surface area contributed by atoms with E-state index in [1.165, 1.54) is 12.1 Å². The molecule has 0 aliphatic carbocycles. The second-order valence-corrected chi connectivity index (χ2v) is 4.69. The number of carboxylic acids is 1. The fraction of sp³-hybridized carbons (Fsp3) is 0.0625. The number of carbonyl (C=O) groups is 1. The summed E-state index contributed by atoms with van der Waals surface area (Å²) in [7, 11) is 0. The molecule has 20 heavy (non-hydrogen) atoms. The van der Waals surface area contributed by atoms with E-state index in [0.717, 1.165) is 5.56 Å². The van der Waals surface area contributed by atoms with Gasteiger partial charge in [0.2, 0.25) is 0 Å². The molecular weight excluding hydrogens is 259 g/mol. The van der Waals surface area contributed by atoms with Crippen LogP contribution in [0.4, 0.5) is 4.39 Å². The molecule has 0 saturated heterocycles. The normalized spacial score (nSPS) is 10.9. The minimum absolute atomic E-state index is 0.201. The molecule has 0 bridgehead atoms. The Morgan fingerprint density at radius 3 is 2.70 bits per heavy atom. The van der Waals surface area contributed by atoms with Crippen LogP contribution in [0.15, 0.2) is 46.9 Å². The van der Waals surface area contributed by atoms with Gasteiger partial charge in [-0.25, -0.2) is 9.18 Å². The van der Waals surface area contributed by atoms with E-state index < -0.39 is 5.97 Å². The summed E-state index contributed by atoms with van der Waals surface area (Å²) in [5, 5.41) is 9.73. The van der Waals surface area contributed by atoms with Crippen molar-refractivity contribution in [1.29, 1.82) is 0 Å². The number of fused-ring (bicyclic) bond motifs is 1. The van der Waals surface area contributed by atoms with Crippen LogP contribution in [0.1, 0.15) is 15.9 Å². The number of rotatable bonds is 2. The first-order valence-electron chi connectivity index (χ1n) is 6.07. The summed E-state index contributed by atoms with van der Waals surface area (Å²) in [4.78, 5) is 11.1. The number of hydrogen-bond acceptors (Lipinski definition) is 2. The van der Waals surface area contributed by atoms with Crippen molar-refractivity contribution in [2.45, 2.75) is 6.92 Å². The van der Waals surface area contributed by atoms with Crippen LogP contribution in [0.3, 0.4) is 0 Å². The Balaban J connectivity index is 2.17. The van der Waals surface area contributed by atoms with E-state index in [9.17, 15) is 9.18 Å². The fourth-order valence-corrected chi connectivity index (χ4v) is 2.21. The summed E-state index contributed by atoms with van der Waals surface area (Å²) in [6.45, 7) is 1.82. The van der Waals surface area contributed by atoms with Crippen molar-refractivity contribution in [2.24, 2.45) is 0 Å². The number of furan rings is 1. The summed E-state index contributed by atoms with van der Waals surface area (Å²) in [6.07, 6.45) is 0. The minimum Gasteiger partial charge on any atom is -0.478 e. The van der Waals surface area contributed by atoms with Gasteiger partial charge in [-0.05, 0) is 55.0 Å². The van der Waals surface area contributed by atoms with Gasteiger partial charge >= 0.3 is 5.97 Å². The molecule has 0 spiro atoms. The van der Waals surface area contributed by atoms with E-state index in [1.807, 2.05) is 13.0 Å². The van der Waals surface area contributed by atoms with Crippen molar-refractivity contribution < 1.29 is 18.7 Å². The smallest absolute Gasteiger partial charge is 0.335 e. The monoisotopic (exact) mass is 270 g/mol. The number of aromatic carboxylic acids is 1. The van der Waals surface area contributed by atoms with Crippen LogP contribution < -0.4 is 0 Å². The molecule has 0 aliphatic heterocycles. The lowest BCUT2D eigenvalue weighted by molar-refractivity contribution is 0.0697. The second kappa shape index (κ2) is 4.49. The minimum atomic E-state index is -0.989. The van der Waals surface area contributed by atoms with Crippen molar-refractivity contribution in [2.75, 3.05) is 0 Å². The van der Waals surface area contributed by atoms with Gasteiger partial charge in [0.25, 0.3) is 0 Å². The standard InChI is InChI=1S/C16H11FO3/c1-9-4-10(6-12(5-9)16(18)19)15-8-11-7-13(17)2-3-14(11)20-15/h2-8H,1H3,(H,18,19). The summed E-state index contributed by atoms with van der Waals surface area (Å²) in [6, 6.07) is 10.9. The van der Waals surface area contributed by atoms with E-state index in [0.29, 0.717) is 22.3 Å². The topological polar surface area (TPSA) is 50.4 Å². The molecule has 3 rings (SSSR count). The Labute approximate surface area is 114 Å². The molecule has 0 atom stereocenters. The van der Waals surface area contributed by atoms with Crippen LogP contribution in [0.25, 0.3) is 22.3 Å². The maximum absolute atomic E-state index is 13.2. The Morgan fingerprint density at radius 2 is 1.95 bits per heavy atom. The predicted octanol–water partition coefficient (Wildman–Crippen LogP) is 4.25. The molecule has 1 aromatic heterocycles. The molecule has 3 aromatic rings. The van der Waals surface area contributed by atoms with Crippen LogP contribution in [0.5, 0.6) is 0 Å². The highest BCUT2D eigenvalue weighted by Gasteiger charge is 2.11. The molecule has 3 nitrogen and oxygen atoms in total. The average molecular weight is 270 g/mol. The lowest BCUT2D eigenvalue weighted by Gasteiger charge is -2.02. The molecule has 2 aromatic carbocycles. The summed E-state index contributed by atoms with van der Waals surface area (Å²) in [5.74, 6) is -0.797. The van der Waals surface area contributed by atoms with E-state index in [1.54, 1.807) is 24.3 Å².